The minimum absolute atomic E-state index is 0.102. The standard InChI is InChI=1S/C76H148O17P2/c1-9-69(8)55-47-39-34-35-43-51-59-76(81)93-72(63-87-74(79)57-49-41-32-27-26-30-38-46-54-68(6)7)65-91-95(84,85)89-61-70(77)60-88-94(82,83)90-64-71(92-75(80)58-50-42-33-25-21-17-13-11-15-19-23-29-37-45-53-67(4)5)62-86-73(78)56-48-40-31-24-20-16-12-10-14-18-22-28-36-44-52-66(2)3/h66-72,77H,9-65H2,1-8H3,(H,82,83)(H,84,85)/t69?,70?,71-,72-/m1/s1. The zero-order valence-corrected chi connectivity index (χ0v) is 64.1. The third-order valence-corrected chi connectivity index (χ3v) is 19.8. The molecule has 0 saturated heterocycles. The van der Waals surface area contributed by atoms with E-state index in [1.807, 2.05) is 0 Å². The maximum atomic E-state index is 13.1. The van der Waals surface area contributed by atoms with Gasteiger partial charge in [0.1, 0.15) is 19.3 Å². The lowest BCUT2D eigenvalue weighted by molar-refractivity contribution is -0.161. The molecule has 0 heterocycles. The van der Waals surface area contributed by atoms with Crippen molar-refractivity contribution < 1.29 is 80.2 Å². The number of hydrogen-bond acceptors (Lipinski definition) is 15. The number of aliphatic hydroxyl groups excluding tert-OH is 1. The van der Waals surface area contributed by atoms with Gasteiger partial charge < -0.3 is 33.8 Å². The Hall–Kier alpha value is -1.94. The first-order valence-corrected chi connectivity index (χ1v) is 42.2. The predicted molar refractivity (Wildman–Crippen MR) is 386 cm³/mol. The van der Waals surface area contributed by atoms with E-state index in [1.165, 1.54) is 186 Å². The molecule has 0 aromatic heterocycles. The highest BCUT2D eigenvalue weighted by atomic mass is 31.2. The Balaban J connectivity index is 5.24. The van der Waals surface area contributed by atoms with Crippen LogP contribution >= 0.6 is 15.6 Å². The summed E-state index contributed by atoms with van der Waals surface area (Å²) in [6.45, 7) is 14.2. The number of hydrogen-bond donors (Lipinski definition) is 3. The Bertz CT molecular complexity index is 1870. The van der Waals surface area contributed by atoms with Crippen LogP contribution in [0.1, 0.15) is 383 Å². The van der Waals surface area contributed by atoms with Crippen LogP contribution in [0.5, 0.6) is 0 Å². The molecule has 0 spiro atoms. The number of phosphoric acid groups is 2. The molecule has 0 aromatic carbocycles. The molecular formula is C76H148O17P2. The van der Waals surface area contributed by atoms with Gasteiger partial charge in [0, 0.05) is 25.7 Å². The van der Waals surface area contributed by atoms with E-state index in [-0.39, 0.29) is 25.7 Å². The van der Waals surface area contributed by atoms with Crippen LogP contribution in [0.15, 0.2) is 0 Å². The SMILES string of the molecule is CCC(C)CCCCCCCCC(=O)O[C@H](COC(=O)CCCCCCCCCCC(C)C)COP(=O)(O)OCC(O)COP(=O)(O)OC[C@@H](COC(=O)CCCCCCCCCCCCCCCCC(C)C)OC(=O)CCCCCCCCCCCCCCCCC(C)C. The van der Waals surface area contributed by atoms with Crippen LogP contribution in [-0.2, 0) is 65.4 Å². The highest BCUT2D eigenvalue weighted by Gasteiger charge is 2.30. The number of phosphoric ester groups is 2. The number of aliphatic hydroxyl groups is 1. The van der Waals surface area contributed by atoms with E-state index < -0.39 is 97.5 Å². The number of unbranched alkanes of at least 4 members (excludes halogenated alkanes) is 38. The van der Waals surface area contributed by atoms with Gasteiger partial charge in [-0.05, 0) is 49.4 Å². The average Bonchev–Trinajstić information content (AvgIpc) is 2.42. The molecule has 4 unspecified atom stereocenters. The highest BCUT2D eigenvalue weighted by molar-refractivity contribution is 7.47. The highest BCUT2D eigenvalue weighted by Crippen LogP contribution is 2.45. The lowest BCUT2D eigenvalue weighted by Gasteiger charge is -2.21. The van der Waals surface area contributed by atoms with Gasteiger partial charge in [-0.1, -0.05) is 331 Å². The number of carbonyl (C=O) groups excluding carboxylic acids is 4. The summed E-state index contributed by atoms with van der Waals surface area (Å²) in [6, 6.07) is 0. The lowest BCUT2D eigenvalue weighted by atomic mass is 10.00. The van der Waals surface area contributed by atoms with Gasteiger partial charge in [-0.3, -0.25) is 37.3 Å². The first-order valence-electron chi connectivity index (χ1n) is 39.2. The van der Waals surface area contributed by atoms with Gasteiger partial charge in [-0.25, -0.2) is 9.13 Å². The van der Waals surface area contributed by atoms with E-state index in [9.17, 15) is 43.2 Å². The van der Waals surface area contributed by atoms with Crippen molar-refractivity contribution in [3.05, 3.63) is 0 Å². The summed E-state index contributed by atoms with van der Waals surface area (Å²) >= 11 is 0. The van der Waals surface area contributed by atoms with Crippen molar-refractivity contribution >= 4 is 39.5 Å². The maximum absolute atomic E-state index is 13.1. The Morgan fingerprint density at radius 3 is 0.747 bits per heavy atom. The normalized spacial score (nSPS) is 14.4. The number of rotatable bonds is 73. The van der Waals surface area contributed by atoms with E-state index in [0.29, 0.717) is 25.7 Å². The molecule has 0 radical (unpaired) electrons. The zero-order chi connectivity index (χ0) is 70.3. The second kappa shape index (κ2) is 65.4. The molecule has 0 amide bonds. The second-order valence-corrected chi connectivity index (χ2v) is 32.0. The third-order valence-electron chi connectivity index (χ3n) is 17.9. The molecule has 19 heteroatoms. The molecule has 0 rings (SSSR count). The van der Waals surface area contributed by atoms with Crippen molar-refractivity contribution in [2.45, 2.75) is 401 Å². The minimum Gasteiger partial charge on any atom is -0.462 e. The first-order chi connectivity index (χ1) is 45.6. The summed E-state index contributed by atoms with van der Waals surface area (Å²) in [4.78, 5) is 72.8. The molecule has 95 heavy (non-hydrogen) atoms. The molecule has 0 saturated carbocycles. The summed E-state index contributed by atoms with van der Waals surface area (Å²) in [5, 5.41) is 10.6. The van der Waals surface area contributed by atoms with Crippen LogP contribution in [0, 0.1) is 23.7 Å². The lowest BCUT2D eigenvalue weighted by Crippen LogP contribution is -2.30. The zero-order valence-electron chi connectivity index (χ0n) is 62.3. The largest absolute Gasteiger partial charge is 0.472 e. The maximum Gasteiger partial charge on any atom is 0.472 e. The van der Waals surface area contributed by atoms with Crippen molar-refractivity contribution in [2.75, 3.05) is 39.6 Å². The van der Waals surface area contributed by atoms with Crippen LogP contribution in [-0.4, -0.2) is 96.7 Å². The monoisotopic (exact) mass is 1400 g/mol. The first kappa shape index (κ1) is 93.1. The average molecular weight is 1400 g/mol. The summed E-state index contributed by atoms with van der Waals surface area (Å²) in [5.74, 6) is 0.917. The number of ether oxygens (including phenoxy) is 4. The van der Waals surface area contributed by atoms with Crippen LogP contribution in [0.4, 0.5) is 0 Å². The number of carbonyl (C=O) groups is 4. The Kier molecular flexibility index (Phi) is 64.0. The van der Waals surface area contributed by atoms with Crippen molar-refractivity contribution in [3.8, 4) is 0 Å². The molecule has 3 N–H and O–H groups in total. The fourth-order valence-electron chi connectivity index (χ4n) is 11.5. The molecule has 17 nitrogen and oxygen atoms in total. The van der Waals surface area contributed by atoms with Gasteiger partial charge in [0.2, 0.25) is 0 Å². The van der Waals surface area contributed by atoms with E-state index >= 15 is 0 Å². The van der Waals surface area contributed by atoms with Gasteiger partial charge >= 0.3 is 39.5 Å². The predicted octanol–water partition coefficient (Wildman–Crippen LogP) is 22.0. The van der Waals surface area contributed by atoms with Gasteiger partial charge in [0.05, 0.1) is 26.4 Å². The van der Waals surface area contributed by atoms with E-state index in [0.717, 1.165) is 114 Å². The molecule has 0 aliphatic heterocycles. The van der Waals surface area contributed by atoms with E-state index in [2.05, 4.69) is 55.4 Å². The summed E-state index contributed by atoms with van der Waals surface area (Å²) in [6.07, 6.45) is 50.1. The van der Waals surface area contributed by atoms with Crippen LogP contribution in [0.2, 0.25) is 0 Å². The molecule has 0 fully saturated rings. The smallest absolute Gasteiger partial charge is 0.462 e. The molecular weight excluding hydrogens is 1250 g/mol. The fraction of sp³-hybridized carbons (Fsp3) is 0.947. The topological polar surface area (TPSA) is 237 Å². The van der Waals surface area contributed by atoms with Crippen molar-refractivity contribution in [1.29, 1.82) is 0 Å². The molecule has 0 aliphatic rings. The fourth-order valence-corrected chi connectivity index (χ4v) is 13.1. The molecule has 0 bridgehead atoms. The van der Waals surface area contributed by atoms with Gasteiger partial charge in [0.25, 0.3) is 0 Å². The quantitative estimate of drug-likeness (QED) is 0.0222. The molecule has 0 aliphatic carbocycles. The Labute approximate surface area is 581 Å². The third kappa shape index (κ3) is 69.0. The van der Waals surface area contributed by atoms with Gasteiger partial charge in [-0.15, -0.1) is 0 Å². The van der Waals surface area contributed by atoms with Crippen molar-refractivity contribution in [2.24, 2.45) is 23.7 Å². The van der Waals surface area contributed by atoms with E-state index in [1.54, 1.807) is 0 Å². The van der Waals surface area contributed by atoms with Crippen LogP contribution < -0.4 is 0 Å². The Morgan fingerprint density at radius 1 is 0.295 bits per heavy atom. The van der Waals surface area contributed by atoms with Crippen LogP contribution in [0.25, 0.3) is 0 Å². The minimum atomic E-state index is -4.96. The summed E-state index contributed by atoms with van der Waals surface area (Å²) in [5.41, 5.74) is 0. The van der Waals surface area contributed by atoms with Gasteiger partial charge in [0.15, 0.2) is 12.2 Å². The van der Waals surface area contributed by atoms with Crippen molar-refractivity contribution in [1.82, 2.24) is 0 Å². The summed E-state index contributed by atoms with van der Waals surface area (Å²) < 4.78 is 68.5. The molecule has 564 valence electrons. The van der Waals surface area contributed by atoms with Crippen LogP contribution in [0.3, 0.4) is 0 Å². The Morgan fingerprint density at radius 2 is 0.505 bits per heavy atom. The summed E-state index contributed by atoms with van der Waals surface area (Å²) in [7, 11) is -9.91. The second-order valence-electron chi connectivity index (χ2n) is 29.1. The van der Waals surface area contributed by atoms with Gasteiger partial charge in [-0.2, -0.15) is 0 Å². The molecule has 6 atom stereocenters. The number of esters is 4. The van der Waals surface area contributed by atoms with Crippen molar-refractivity contribution in [3.63, 3.8) is 0 Å². The molecule has 0 aromatic rings. The van der Waals surface area contributed by atoms with E-state index in [4.69, 9.17) is 37.0 Å².